The first kappa shape index (κ1) is 23.7. The predicted molar refractivity (Wildman–Crippen MR) is 119 cm³/mol. The minimum absolute atomic E-state index is 0.00946. The number of furan rings is 1. The van der Waals surface area contributed by atoms with E-state index in [4.69, 9.17) is 14.4 Å². The average Bonchev–Trinajstić information content (AvgIpc) is 3.34. The van der Waals surface area contributed by atoms with E-state index in [1.807, 2.05) is 6.07 Å². The van der Waals surface area contributed by atoms with Gasteiger partial charge in [0, 0.05) is 5.69 Å². The van der Waals surface area contributed by atoms with Gasteiger partial charge in [0.2, 0.25) is 10.0 Å². The van der Waals surface area contributed by atoms with Crippen molar-refractivity contribution in [1.29, 1.82) is 5.26 Å². The lowest BCUT2D eigenvalue weighted by Gasteiger charge is -2.19. The molecule has 3 aromatic rings. The molecule has 0 saturated heterocycles. The lowest BCUT2D eigenvalue weighted by Crippen LogP contribution is -2.35. The summed E-state index contributed by atoms with van der Waals surface area (Å²) in [5, 5.41) is 9.03. The molecule has 170 valence electrons. The molecule has 0 bridgehead atoms. The SMILES string of the molecule is Cc1ccc(S(=O)(=O)NCc2ccco2)cc1C(=O)OCC(=O)N(CC#N)c1ccccc1. The predicted octanol–water partition coefficient (Wildman–Crippen LogP) is 2.78. The number of nitriles is 1. The van der Waals surface area contributed by atoms with Crippen molar-refractivity contribution in [2.75, 3.05) is 18.1 Å². The number of para-hydroxylation sites is 1. The largest absolute Gasteiger partial charge is 0.468 e. The Morgan fingerprint density at radius 2 is 1.88 bits per heavy atom. The molecule has 1 heterocycles. The third-order valence-electron chi connectivity index (χ3n) is 4.68. The van der Waals surface area contributed by atoms with Crippen molar-refractivity contribution < 1.29 is 27.2 Å². The van der Waals surface area contributed by atoms with Crippen molar-refractivity contribution in [1.82, 2.24) is 4.72 Å². The van der Waals surface area contributed by atoms with Crippen LogP contribution in [0.5, 0.6) is 0 Å². The van der Waals surface area contributed by atoms with E-state index in [1.165, 1.54) is 29.4 Å². The van der Waals surface area contributed by atoms with Crippen LogP contribution < -0.4 is 9.62 Å². The topological polar surface area (TPSA) is 130 Å². The number of hydrogen-bond acceptors (Lipinski definition) is 7. The second kappa shape index (κ2) is 10.6. The second-order valence-electron chi connectivity index (χ2n) is 6.93. The maximum atomic E-state index is 12.6. The van der Waals surface area contributed by atoms with Crippen molar-refractivity contribution in [2.45, 2.75) is 18.4 Å². The zero-order chi connectivity index (χ0) is 23.8. The smallest absolute Gasteiger partial charge is 0.338 e. The minimum atomic E-state index is -3.93. The van der Waals surface area contributed by atoms with Gasteiger partial charge >= 0.3 is 5.97 Å². The minimum Gasteiger partial charge on any atom is -0.468 e. The van der Waals surface area contributed by atoms with E-state index in [2.05, 4.69) is 4.72 Å². The molecule has 0 radical (unpaired) electrons. The zero-order valence-corrected chi connectivity index (χ0v) is 18.5. The Morgan fingerprint density at radius 1 is 1.12 bits per heavy atom. The summed E-state index contributed by atoms with van der Waals surface area (Å²) in [5.74, 6) is -1.00. The van der Waals surface area contributed by atoms with Gasteiger partial charge in [-0.2, -0.15) is 5.26 Å². The Hall–Kier alpha value is -3.94. The fourth-order valence-electron chi connectivity index (χ4n) is 2.94. The molecule has 0 aliphatic carbocycles. The lowest BCUT2D eigenvalue weighted by molar-refractivity contribution is -0.121. The van der Waals surface area contributed by atoms with Crippen molar-refractivity contribution in [3.8, 4) is 6.07 Å². The molecule has 1 amide bonds. The van der Waals surface area contributed by atoms with Crippen molar-refractivity contribution in [2.24, 2.45) is 0 Å². The number of hydrogen-bond donors (Lipinski definition) is 1. The molecule has 1 N–H and O–H groups in total. The Kier molecular flexibility index (Phi) is 7.61. The third-order valence-corrected chi connectivity index (χ3v) is 6.08. The summed E-state index contributed by atoms with van der Waals surface area (Å²) in [7, 11) is -3.93. The molecule has 0 unspecified atom stereocenters. The van der Waals surface area contributed by atoms with E-state index in [-0.39, 0.29) is 23.5 Å². The van der Waals surface area contributed by atoms with Crippen LogP contribution >= 0.6 is 0 Å². The molecule has 0 aliphatic rings. The van der Waals surface area contributed by atoms with Crippen molar-refractivity contribution in [3.63, 3.8) is 0 Å². The summed E-state index contributed by atoms with van der Waals surface area (Å²) in [5.41, 5.74) is 0.983. The number of sulfonamides is 1. The number of aryl methyl sites for hydroxylation is 1. The number of anilines is 1. The summed E-state index contributed by atoms with van der Waals surface area (Å²) in [6, 6.07) is 17.7. The van der Waals surface area contributed by atoms with Crippen LogP contribution in [0.15, 0.2) is 76.2 Å². The van der Waals surface area contributed by atoms with Gasteiger partial charge in [-0.3, -0.25) is 9.69 Å². The van der Waals surface area contributed by atoms with Gasteiger partial charge in [0.1, 0.15) is 12.3 Å². The Morgan fingerprint density at radius 3 is 2.55 bits per heavy atom. The highest BCUT2D eigenvalue weighted by atomic mass is 32.2. The first-order valence-electron chi connectivity index (χ1n) is 9.84. The standard InChI is InChI=1S/C23H21N3O6S/c1-17-9-10-20(33(29,30)25-15-19-8-5-13-31-19)14-21(17)23(28)32-16-22(27)26(12-11-24)18-6-3-2-4-7-18/h2-10,13-14,25H,12,15-16H2,1H3. The number of carbonyl (C=O) groups excluding carboxylic acids is 2. The molecule has 0 fully saturated rings. The fourth-order valence-corrected chi connectivity index (χ4v) is 3.96. The third kappa shape index (κ3) is 6.06. The van der Waals surface area contributed by atoms with Gasteiger partial charge in [-0.25, -0.2) is 17.9 Å². The molecular formula is C23H21N3O6S. The molecule has 0 aliphatic heterocycles. The number of esters is 1. The Labute approximate surface area is 191 Å². The van der Waals surface area contributed by atoms with Gasteiger partial charge < -0.3 is 9.15 Å². The molecule has 10 heteroatoms. The molecule has 3 rings (SSSR count). The van der Waals surface area contributed by atoms with Gasteiger partial charge in [0.25, 0.3) is 5.91 Å². The van der Waals surface area contributed by atoms with Crippen LogP contribution in [0.2, 0.25) is 0 Å². The number of nitrogens with one attached hydrogen (secondary N) is 1. The first-order chi connectivity index (χ1) is 15.8. The summed E-state index contributed by atoms with van der Waals surface area (Å²) in [6.45, 7) is 0.750. The van der Waals surface area contributed by atoms with Gasteiger partial charge in [0.05, 0.1) is 29.3 Å². The molecular weight excluding hydrogens is 446 g/mol. The summed E-state index contributed by atoms with van der Waals surface area (Å²) < 4.78 is 37.8. The number of nitrogens with zero attached hydrogens (tertiary/aromatic N) is 2. The Bertz CT molecular complexity index is 1270. The molecule has 0 spiro atoms. The second-order valence-corrected chi connectivity index (χ2v) is 8.70. The Balaban J connectivity index is 1.70. The van der Waals surface area contributed by atoms with Gasteiger partial charge in [-0.05, 0) is 48.9 Å². The number of benzene rings is 2. The van der Waals surface area contributed by atoms with E-state index in [0.29, 0.717) is 17.0 Å². The van der Waals surface area contributed by atoms with Crippen molar-refractivity contribution >= 4 is 27.6 Å². The van der Waals surface area contributed by atoms with Crippen LogP contribution in [0, 0.1) is 18.3 Å². The molecule has 1 aromatic heterocycles. The lowest BCUT2D eigenvalue weighted by atomic mass is 10.1. The van der Waals surface area contributed by atoms with Gasteiger partial charge in [-0.15, -0.1) is 0 Å². The van der Waals surface area contributed by atoms with E-state index < -0.39 is 28.5 Å². The highest BCUT2D eigenvalue weighted by molar-refractivity contribution is 7.89. The van der Waals surface area contributed by atoms with Gasteiger partial charge in [0.15, 0.2) is 6.61 Å². The number of ether oxygens (including phenoxy) is 1. The van der Waals surface area contributed by atoms with Crippen LogP contribution in [-0.4, -0.2) is 33.4 Å². The summed E-state index contributed by atoms with van der Waals surface area (Å²) in [4.78, 5) is 26.2. The average molecular weight is 468 g/mol. The number of carbonyl (C=O) groups is 2. The van der Waals surface area contributed by atoms with Crippen LogP contribution in [0.4, 0.5) is 5.69 Å². The highest BCUT2D eigenvalue weighted by Gasteiger charge is 2.21. The molecule has 9 nitrogen and oxygen atoms in total. The maximum Gasteiger partial charge on any atom is 0.338 e. The maximum absolute atomic E-state index is 12.6. The molecule has 33 heavy (non-hydrogen) atoms. The first-order valence-corrected chi connectivity index (χ1v) is 11.3. The van der Waals surface area contributed by atoms with E-state index in [0.717, 1.165) is 0 Å². The van der Waals surface area contributed by atoms with E-state index >= 15 is 0 Å². The van der Waals surface area contributed by atoms with Crippen LogP contribution in [0.3, 0.4) is 0 Å². The molecule has 0 atom stereocenters. The molecule has 0 saturated carbocycles. The van der Waals surface area contributed by atoms with Gasteiger partial charge in [-0.1, -0.05) is 24.3 Å². The number of rotatable bonds is 9. The van der Waals surface area contributed by atoms with E-state index in [1.54, 1.807) is 49.4 Å². The monoisotopic (exact) mass is 467 g/mol. The van der Waals surface area contributed by atoms with Crippen LogP contribution in [0.25, 0.3) is 0 Å². The quantitative estimate of drug-likeness (QED) is 0.378. The van der Waals surface area contributed by atoms with Crippen LogP contribution in [-0.2, 0) is 26.1 Å². The van der Waals surface area contributed by atoms with E-state index in [9.17, 15) is 18.0 Å². The highest BCUT2D eigenvalue weighted by Crippen LogP contribution is 2.18. The normalized spacial score (nSPS) is 10.9. The fraction of sp³-hybridized carbons (Fsp3) is 0.174. The van der Waals surface area contributed by atoms with Crippen molar-refractivity contribution in [3.05, 3.63) is 83.8 Å². The summed E-state index contributed by atoms with van der Waals surface area (Å²) in [6.07, 6.45) is 1.43. The van der Waals surface area contributed by atoms with Crippen LogP contribution in [0.1, 0.15) is 21.7 Å². The number of amides is 1. The zero-order valence-electron chi connectivity index (χ0n) is 17.7. The molecule has 2 aromatic carbocycles. The summed E-state index contributed by atoms with van der Waals surface area (Å²) >= 11 is 0.